The van der Waals surface area contributed by atoms with E-state index in [9.17, 15) is 13.2 Å². The predicted molar refractivity (Wildman–Crippen MR) is 109 cm³/mol. The van der Waals surface area contributed by atoms with Crippen LogP contribution in [0.5, 0.6) is 5.75 Å². The average molecular weight is 416 g/mol. The summed E-state index contributed by atoms with van der Waals surface area (Å²) in [7, 11) is -5.63. The summed E-state index contributed by atoms with van der Waals surface area (Å²) in [6.45, 7) is 7.11. The number of carbonyl (C=O) groups is 1. The van der Waals surface area contributed by atoms with Gasteiger partial charge in [-0.2, -0.15) is 0 Å². The Kier molecular flexibility index (Phi) is 12.2. The molecule has 0 saturated heterocycles. The molecule has 6 nitrogen and oxygen atoms in total. The molecule has 0 aliphatic rings. The molecule has 1 aromatic rings. The third-order valence-corrected chi connectivity index (χ3v) is 8.16. The normalized spacial score (nSPS) is 12.2. The van der Waals surface area contributed by atoms with Crippen LogP contribution < -0.4 is 4.74 Å². The molecule has 1 N–H and O–H groups in total. The van der Waals surface area contributed by atoms with E-state index >= 15 is 0 Å². The molecular weight excluding hydrogens is 386 g/mol. The van der Waals surface area contributed by atoms with Crippen molar-refractivity contribution in [2.75, 3.05) is 32.3 Å². The molecule has 0 aliphatic carbocycles. The van der Waals surface area contributed by atoms with Gasteiger partial charge in [0, 0.05) is 0 Å². The van der Waals surface area contributed by atoms with Crippen LogP contribution in [0, 0.1) is 0 Å². The van der Waals surface area contributed by atoms with Crippen LogP contribution >= 0.6 is 7.26 Å². The Morgan fingerprint density at radius 1 is 1.08 bits per heavy atom. The van der Waals surface area contributed by atoms with Gasteiger partial charge in [0.2, 0.25) is 0 Å². The summed E-state index contributed by atoms with van der Waals surface area (Å²) in [6.07, 6.45) is 6.28. The van der Waals surface area contributed by atoms with E-state index in [1.165, 1.54) is 44.0 Å². The van der Waals surface area contributed by atoms with E-state index in [2.05, 4.69) is 20.3 Å². The molecule has 26 heavy (non-hydrogen) atoms. The summed E-state index contributed by atoms with van der Waals surface area (Å²) in [4.78, 5) is 11.4. The van der Waals surface area contributed by atoms with Crippen molar-refractivity contribution < 1.29 is 27.2 Å². The van der Waals surface area contributed by atoms with E-state index in [1.807, 2.05) is 0 Å². The molecule has 0 fully saturated rings. The van der Waals surface area contributed by atoms with Crippen LogP contribution in [0.4, 0.5) is 4.79 Å². The molecule has 0 bridgehead atoms. The molecule has 9 heteroatoms. The summed E-state index contributed by atoms with van der Waals surface area (Å²) in [5.74, 6) is 0.161. The van der Waals surface area contributed by atoms with E-state index in [0.717, 1.165) is 18.3 Å². The molecular formula is C17H30NaO6PS. The van der Waals surface area contributed by atoms with E-state index in [-0.39, 0.29) is 40.2 Å². The zero-order chi connectivity index (χ0) is 18.9. The Bertz CT molecular complexity index is 646. The average Bonchev–Trinajstić information content (AvgIpc) is 2.51. The molecule has 1 rings (SSSR count). The van der Waals surface area contributed by atoms with Crippen molar-refractivity contribution in [1.29, 1.82) is 0 Å². The third-order valence-electron chi connectivity index (χ3n) is 4.03. The van der Waals surface area contributed by atoms with E-state index < -0.39 is 23.5 Å². The Balaban J connectivity index is 0.00000625. The quantitative estimate of drug-likeness (QED) is 0.157. The molecule has 0 atom stereocenters. The van der Waals surface area contributed by atoms with Crippen molar-refractivity contribution in [2.24, 2.45) is 0 Å². The minimum atomic E-state index is -4.26. The van der Waals surface area contributed by atoms with Crippen molar-refractivity contribution in [3.63, 3.8) is 0 Å². The first-order valence-corrected chi connectivity index (χ1v) is 13.4. The zero-order valence-corrected chi connectivity index (χ0v) is 17.0. The summed E-state index contributed by atoms with van der Waals surface area (Å²) >= 11 is 0. The number of hydrogen-bond donors (Lipinski definition) is 1. The van der Waals surface area contributed by atoms with Gasteiger partial charge in [-0.1, -0.05) is 0 Å². The van der Waals surface area contributed by atoms with Crippen molar-refractivity contribution >= 4 is 53.1 Å². The SMILES string of the molecule is CCCCCC[PH](C)(C)CCOC(=O)Oc1ccc(S(=O)(=O)O)cc1.[NaH]. The van der Waals surface area contributed by atoms with Crippen LogP contribution in [-0.2, 0) is 14.9 Å². The molecule has 0 heterocycles. The van der Waals surface area contributed by atoms with Gasteiger partial charge in [0.25, 0.3) is 0 Å². The Hall–Kier alpha value is -0.170. The van der Waals surface area contributed by atoms with Gasteiger partial charge in [0.1, 0.15) is 0 Å². The van der Waals surface area contributed by atoms with Crippen LogP contribution in [0.15, 0.2) is 29.2 Å². The number of carbonyl (C=O) groups excluding carboxylic acids is 1. The summed E-state index contributed by atoms with van der Waals surface area (Å²) in [5.41, 5.74) is 0. The second-order valence-corrected chi connectivity index (χ2v) is 13.6. The van der Waals surface area contributed by atoms with Crippen LogP contribution in [0.2, 0.25) is 0 Å². The van der Waals surface area contributed by atoms with Gasteiger partial charge in [-0.05, 0) is 0 Å². The Morgan fingerprint density at radius 2 is 1.69 bits per heavy atom. The minimum absolute atomic E-state index is 0. The van der Waals surface area contributed by atoms with Crippen LogP contribution in [0.25, 0.3) is 0 Å². The van der Waals surface area contributed by atoms with E-state index in [1.54, 1.807) is 0 Å². The molecule has 1 aromatic carbocycles. The molecule has 146 valence electrons. The molecule has 0 radical (unpaired) electrons. The maximum absolute atomic E-state index is 11.7. The van der Waals surface area contributed by atoms with Crippen molar-refractivity contribution in [3.05, 3.63) is 24.3 Å². The van der Waals surface area contributed by atoms with Gasteiger partial charge in [-0.3, -0.25) is 0 Å². The van der Waals surface area contributed by atoms with Gasteiger partial charge >= 0.3 is 180 Å². The predicted octanol–water partition coefficient (Wildman–Crippen LogP) is 3.39. The number of benzene rings is 1. The second-order valence-electron chi connectivity index (χ2n) is 6.87. The van der Waals surface area contributed by atoms with Gasteiger partial charge in [-0.25, -0.2) is 0 Å². The van der Waals surface area contributed by atoms with Gasteiger partial charge in [0.05, 0.1) is 0 Å². The standard InChI is InChI=1S/C17H29O6PS.Na.H/c1-4-5-6-7-13-24(2,3)14-12-22-17(18)23-15-8-10-16(11-9-15)25(19,20)21;;/h8-11,24H,4-7,12-14H2,1-3H3,(H,19,20,21);;. The van der Waals surface area contributed by atoms with Crippen molar-refractivity contribution in [2.45, 2.75) is 37.5 Å². The van der Waals surface area contributed by atoms with Gasteiger partial charge in [-0.15, -0.1) is 0 Å². The fraction of sp³-hybridized carbons (Fsp3) is 0.588. The fourth-order valence-electron chi connectivity index (χ4n) is 2.37. The second kappa shape index (κ2) is 12.3. The maximum atomic E-state index is 11.7. The van der Waals surface area contributed by atoms with E-state index in [0.29, 0.717) is 6.61 Å². The molecule has 0 spiro atoms. The summed E-state index contributed by atoms with van der Waals surface area (Å²) < 4.78 is 40.9. The van der Waals surface area contributed by atoms with E-state index in [4.69, 9.17) is 14.0 Å². The fourth-order valence-corrected chi connectivity index (χ4v) is 4.96. The summed E-state index contributed by atoms with van der Waals surface area (Å²) in [5, 5.41) is 0. The molecule has 0 aromatic heterocycles. The van der Waals surface area contributed by atoms with Crippen molar-refractivity contribution in [1.82, 2.24) is 0 Å². The third kappa shape index (κ3) is 10.9. The van der Waals surface area contributed by atoms with Gasteiger partial charge in [0.15, 0.2) is 0 Å². The Morgan fingerprint density at radius 3 is 2.23 bits per heavy atom. The van der Waals surface area contributed by atoms with Crippen LogP contribution in [0.3, 0.4) is 0 Å². The van der Waals surface area contributed by atoms with Crippen molar-refractivity contribution in [3.8, 4) is 5.75 Å². The van der Waals surface area contributed by atoms with Crippen LogP contribution in [0.1, 0.15) is 32.6 Å². The number of ether oxygens (including phenoxy) is 2. The monoisotopic (exact) mass is 416 g/mol. The summed E-state index contributed by atoms with van der Waals surface area (Å²) in [6, 6.07) is 4.89. The number of rotatable bonds is 10. The molecule has 0 unspecified atom stereocenters. The first-order chi connectivity index (χ1) is 11.6. The molecule has 0 aliphatic heterocycles. The van der Waals surface area contributed by atoms with Crippen LogP contribution in [-0.4, -0.2) is 80.9 Å². The molecule has 0 saturated carbocycles. The zero-order valence-electron chi connectivity index (χ0n) is 15.2. The number of hydrogen-bond acceptors (Lipinski definition) is 5. The molecule has 0 amide bonds. The first kappa shape index (κ1) is 25.8. The first-order valence-electron chi connectivity index (χ1n) is 8.56. The number of unbranched alkanes of at least 4 members (excludes halogenated alkanes) is 3. The topological polar surface area (TPSA) is 89.9 Å². The Labute approximate surface area is 179 Å². The van der Waals surface area contributed by atoms with Gasteiger partial charge < -0.3 is 0 Å².